The lowest BCUT2D eigenvalue weighted by Crippen LogP contribution is -2.28. The molecule has 0 spiro atoms. The molecule has 2 unspecified atom stereocenters. The zero-order chi connectivity index (χ0) is 15.1. The van der Waals surface area contributed by atoms with Gasteiger partial charge in [-0.1, -0.05) is 39.8 Å². The summed E-state index contributed by atoms with van der Waals surface area (Å²) >= 11 is 0. The average Bonchev–Trinajstić information content (AvgIpc) is 2.62. The quantitative estimate of drug-likeness (QED) is 0.896. The maximum Gasteiger partial charge on any atom is 0.0239 e. The van der Waals surface area contributed by atoms with Crippen molar-refractivity contribution in [1.82, 2.24) is 4.90 Å². The Morgan fingerprint density at radius 1 is 1.15 bits per heavy atom. The van der Waals surface area contributed by atoms with Gasteiger partial charge in [-0.2, -0.15) is 0 Å². The van der Waals surface area contributed by atoms with Crippen molar-refractivity contribution in [3.05, 3.63) is 34.4 Å². The van der Waals surface area contributed by atoms with Crippen molar-refractivity contribution in [2.45, 2.75) is 59.5 Å². The highest BCUT2D eigenvalue weighted by Gasteiger charge is 2.27. The van der Waals surface area contributed by atoms with E-state index >= 15 is 0 Å². The van der Waals surface area contributed by atoms with Gasteiger partial charge < -0.3 is 5.73 Å². The van der Waals surface area contributed by atoms with Crippen LogP contribution in [0.1, 0.15) is 49.9 Å². The fraction of sp³-hybridized carbons (Fsp3) is 0.667. The van der Waals surface area contributed by atoms with Crippen LogP contribution in [-0.4, -0.2) is 24.0 Å². The van der Waals surface area contributed by atoms with Crippen LogP contribution >= 0.6 is 0 Å². The molecule has 1 aromatic carbocycles. The summed E-state index contributed by atoms with van der Waals surface area (Å²) in [5.41, 5.74) is 12.1. The smallest absolute Gasteiger partial charge is 0.0239 e. The van der Waals surface area contributed by atoms with Crippen molar-refractivity contribution in [3.8, 4) is 0 Å². The zero-order valence-electron chi connectivity index (χ0n) is 14.0. The van der Waals surface area contributed by atoms with Crippen molar-refractivity contribution in [2.75, 3.05) is 13.1 Å². The summed E-state index contributed by atoms with van der Waals surface area (Å²) in [7, 11) is 0. The minimum Gasteiger partial charge on any atom is -0.326 e. The van der Waals surface area contributed by atoms with Crippen LogP contribution in [0.4, 0.5) is 0 Å². The molecule has 1 saturated heterocycles. The summed E-state index contributed by atoms with van der Waals surface area (Å²) in [5.74, 6) is 0.615. The van der Waals surface area contributed by atoms with E-state index in [0.29, 0.717) is 12.0 Å². The third-order valence-corrected chi connectivity index (χ3v) is 4.69. The number of nitrogens with zero attached hydrogens (tertiary/aromatic N) is 1. The van der Waals surface area contributed by atoms with E-state index < -0.39 is 0 Å². The van der Waals surface area contributed by atoms with Crippen LogP contribution in [0.3, 0.4) is 0 Å². The summed E-state index contributed by atoms with van der Waals surface area (Å²) in [6.07, 6.45) is 0. The first kappa shape index (κ1) is 15.5. The number of nitrogens with two attached hydrogens (primary N) is 1. The predicted molar refractivity (Wildman–Crippen MR) is 87.0 cm³/mol. The second-order valence-corrected chi connectivity index (χ2v) is 7.67. The lowest BCUT2D eigenvalue weighted by atomic mass is 9.84. The summed E-state index contributed by atoms with van der Waals surface area (Å²) in [6.45, 7) is 16.8. The van der Waals surface area contributed by atoms with E-state index in [1.165, 1.54) is 22.3 Å². The number of likely N-dealkylation sites (tertiary alicyclic amines) is 1. The van der Waals surface area contributed by atoms with Crippen molar-refractivity contribution in [3.63, 3.8) is 0 Å². The Morgan fingerprint density at radius 2 is 1.70 bits per heavy atom. The van der Waals surface area contributed by atoms with Gasteiger partial charge in [0.25, 0.3) is 0 Å². The summed E-state index contributed by atoms with van der Waals surface area (Å²) < 4.78 is 0. The molecule has 2 atom stereocenters. The highest BCUT2D eigenvalue weighted by atomic mass is 15.2. The first-order valence-electron chi connectivity index (χ1n) is 7.77. The van der Waals surface area contributed by atoms with Gasteiger partial charge in [-0.25, -0.2) is 0 Å². The van der Waals surface area contributed by atoms with Crippen LogP contribution in [0.15, 0.2) is 12.1 Å². The maximum absolute atomic E-state index is 6.14. The summed E-state index contributed by atoms with van der Waals surface area (Å²) in [5, 5.41) is 0. The first-order chi connectivity index (χ1) is 9.18. The largest absolute Gasteiger partial charge is 0.326 e. The van der Waals surface area contributed by atoms with Crippen LogP contribution in [-0.2, 0) is 12.0 Å². The molecule has 1 fully saturated rings. The van der Waals surface area contributed by atoms with E-state index in [1.54, 1.807) is 0 Å². The molecule has 0 saturated carbocycles. The molecule has 0 aromatic heterocycles. The number of aryl methyl sites for hydroxylation is 2. The van der Waals surface area contributed by atoms with Crippen molar-refractivity contribution in [2.24, 2.45) is 11.7 Å². The van der Waals surface area contributed by atoms with Crippen LogP contribution in [0, 0.1) is 19.8 Å². The fourth-order valence-electron chi connectivity index (χ4n) is 3.12. The minimum atomic E-state index is 0.221. The standard InChI is InChI=1S/C18H30N2/c1-12-7-15(18(4,5)6)8-13(2)16(12)10-20-9-14(3)17(19)11-20/h7-8,14,17H,9-11,19H2,1-6H3. The molecule has 1 aliphatic rings. The van der Waals surface area contributed by atoms with Gasteiger partial charge in [-0.15, -0.1) is 0 Å². The summed E-state index contributed by atoms with van der Waals surface area (Å²) in [4.78, 5) is 2.50. The molecular formula is C18H30N2. The Morgan fingerprint density at radius 3 is 2.10 bits per heavy atom. The van der Waals surface area contributed by atoms with Gasteiger partial charge >= 0.3 is 0 Å². The molecule has 20 heavy (non-hydrogen) atoms. The second-order valence-electron chi connectivity index (χ2n) is 7.67. The van der Waals surface area contributed by atoms with Gasteiger partial charge in [-0.3, -0.25) is 4.90 Å². The van der Waals surface area contributed by atoms with Crippen LogP contribution in [0.25, 0.3) is 0 Å². The molecule has 2 N–H and O–H groups in total. The van der Waals surface area contributed by atoms with Crippen molar-refractivity contribution < 1.29 is 0 Å². The predicted octanol–water partition coefficient (Wildman–Crippen LogP) is 3.38. The Balaban J connectivity index is 2.21. The zero-order valence-corrected chi connectivity index (χ0v) is 14.0. The number of benzene rings is 1. The monoisotopic (exact) mass is 274 g/mol. The number of hydrogen-bond donors (Lipinski definition) is 1. The molecule has 2 heteroatoms. The van der Waals surface area contributed by atoms with E-state index in [2.05, 4.69) is 58.6 Å². The van der Waals surface area contributed by atoms with Gasteiger partial charge in [0.05, 0.1) is 0 Å². The van der Waals surface area contributed by atoms with Gasteiger partial charge in [0.15, 0.2) is 0 Å². The Hall–Kier alpha value is -0.860. The molecular weight excluding hydrogens is 244 g/mol. The van der Waals surface area contributed by atoms with Crippen LogP contribution < -0.4 is 5.73 Å². The van der Waals surface area contributed by atoms with Gasteiger partial charge in [0, 0.05) is 25.7 Å². The third kappa shape index (κ3) is 3.24. The molecule has 0 aliphatic carbocycles. The lowest BCUT2D eigenvalue weighted by molar-refractivity contribution is 0.317. The van der Waals surface area contributed by atoms with E-state index in [9.17, 15) is 0 Å². The normalized spacial score (nSPS) is 24.4. The molecule has 0 amide bonds. The molecule has 1 aromatic rings. The van der Waals surface area contributed by atoms with Gasteiger partial charge in [0.2, 0.25) is 0 Å². The molecule has 1 aliphatic heterocycles. The highest BCUT2D eigenvalue weighted by Crippen LogP contribution is 2.28. The molecule has 2 nitrogen and oxygen atoms in total. The summed E-state index contributed by atoms with van der Waals surface area (Å²) in [6, 6.07) is 5.06. The minimum absolute atomic E-state index is 0.221. The van der Waals surface area contributed by atoms with Crippen molar-refractivity contribution >= 4 is 0 Å². The topological polar surface area (TPSA) is 29.3 Å². The van der Waals surface area contributed by atoms with Crippen molar-refractivity contribution in [1.29, 1.82) is 0 Å². The highest BCUT2D eigenvalue weighted by molar-refractivity contribution is 5.40. The van der Waals surface area contributed by atoms with Crippen LogP contribution in [0.5, 0.6) is 0 Å². The Bertz CT molecular complexity index is 452. The van der Waals surface area contributed by atoms with E-state index in [-0.39, 0.29) is 5.41 Å². The maximum atomic E-state index is 6.14. The third-order valence-electron chi connectivity index (χ3n) is 4.69. The first-order valence-corrected chi connectivity index (χ1v) is 7.77. The lowest BCUT2D eigenvalue weighted by Gasteiger charge is -2.24. The molecule has 1 heterocycles. The number of rotatable bonds is 2. The molecule has 2 rings (SSSR count). The number of hydrogen-bond acceptors (Lipinski definition) is 2. The van der Waals surface area contributed by atoms with Gasteiger partial charge in [0.1, 0.15) is 0 Å². The average molecular weight is 274 g/mol. The Labute approximate surface area is 124 Å². The SMILES string of the molecule is Cc1cc(C(C)(C)C)cc(C)c1CN1CC(C)C(N)C1. The van der Waals surface area contributed by atoms with E-state index in [0.717, 1.165) is 19.6 Å². The van der Waals surface area contributed by atoms with E-state index in [1.807, 2.05) is 0 Å². The molecule has 0 radical (unpaired) electrons. The van der Waals surface area contributed by atoms with Crippen LogP contribution in [0.2, 0.25) is 0 Å². The fourth-order valence-corrected chi connectivity index (χ4v) is 3.12. The Kier molecular flexibility index (Phi) is 4.27. The molecule has 0 bridgehead atoms. The van der Waals surface area contributed by atoms with Gasteiger partial charge in [-0.05, 0) is 47.4 Å². The second kappa shape index (κ2) is 5.50. The molecule has 112 valence electrons. The van der Waals surface area contributed by atoms with E-state index in [4.69, 9.17) is 5.73 Å².